The molecule has 1 amide bonds. The van der Waals surface area contributed by atoms with Crippen LogP contribution < -0.4 is 10.6 Å². The standard InChI is InChI=1S/C17H29N3O/c1-4-17(5-2,6-3)19-16(21)13-20-12-8-10-15(20)14-9-7-11-18-14/h1,14-15,18H,5-13H2,2-3H3,(H,19,21). The van der Waals surface area contributed by atoms with Gasteiger partial charge in [0.2, 0.25) is 5.91 Å². The minimum Gasteiger partial charge on any atom is -0.339 e. The van der Waals surface area contributed by atoms with E-state index in [9.17, 15) is 4.79 Å². The molecule has 2 saturated heterocycles. The summed E-state index contributed by atoms with van der Waals surface area (Å²) in [5, 5.41) is 6.66. The van der Waals surface area contributed by atoms with Gasteiger partial charge in [-0.05, 0) is 51.6 Å². The Kier molecular flexibility index (Phi) is 5.66. The van der Waals surface area contributed by atoms with Crippen LogP contribution in [0.15, 0.2) is 0 Å². The molecule has 2 aliphatic rings. The minimum atomic E-state index is -0.474. The van der Waals surface area contributed by atoms with Crippen molar-refractivity contribution >= 4 is 5.91 Å². The zero-order valence-electron chi connectivity index (χ0n) is 13.5. The van der Waals surface area contributed by atoms with Gasteiger partial charge in [-0.25, -0.2) is 0 Å². The molecule has 0 aromatic carbocycles. The summed E-state index contributed by atoms with van der Waals surface area (Å²) in [5.74, 6) is 2.85. The number of carbonyl (C=O) groups is 1. The van der Waals surface area contributed by atoms with Crippen molar-refractivity contribution in [3.8, 4) is 12.3 Å². The number of nitrogens with one attached hydrogen (secondary N) is 2. The third-order valence-electron chi connectivity index (χ3n) is 5.19. The molecule has 0 aromatic rings. The monoisotopic (exact) mass is 291 g/mol. The molecule has 2 fully saturated rings. The van der Waals surface area contributed by atoms with Gasteiger partial charge in [0, 0.05) is 12.1 Å². The normalized spacial score (nSPS) is 26.7. The third kappa shape index (κ3) is 3.78. The number of hydrogen-bond donors (Lipinski definition) is 2. The van der Waals surface area contributed by atoms with E-state index in [1.165, 1.54) is 25.7 Å². The van der Waals surface area contributed by atoms with Crippen LogP contribution in [0, 0.1) is 12.3 Å². The zero-order chi connectivity index (χ0) is 15.3. The highest BCUT2D eigenvalue weighted by atomic mass is 16.2. The summed E-state index contributed by atoms with van der Waals surface area (Å²) in [6.07, 6.45) is 12.1. The molecule has 0 aromatic heterocycles. The molecule has 4 heteroatoms. The molecule has 2 heterocycles. The molecular formula is C17H29N3O. The third-order valence-corrected chi connectivity index (χ3v) is 5.19. The molecule has 2 aliphatic heterocycles. The van der Waals surface area contributed by atoms with Crippen LogP contribution in [0.1, 0.15) is 52.4 Å². The fourth-order valence-corrected chi connectivity index (χ4v) is 3.70. The van der Waals surface area contributed by atoms with Gasteiger partial charge in [-0.3, -0.25) is 9.69 Å². The Morgan fingerprint density at radius 2 is 2.14 bits per heavy atom. The first kappa shape index (κ1) is 16.3. The summed E-state index contributed by atoms with van der Waals surface area (Å²) >= 11 is 0. The number of terminal acetylenes is 1. The molecule has 2 rings (SSSR count). The lowest BCUT2D eigenvalue weighted by molar-refractivity contribution is -0.124. The largest absolute Gasteiger partial charge is 0.339 e. The van der Waals surface area contributed by atoms with Gasteiger partial charge in [0.1, 0.15) is 5.54 Å². The molecule has 0 radical (unpaired) electrons. The lowest BCUT2D eigenvalue weighted by Gasteiger charge is -2.31. The second-order valence-electron chi connectivity index (χ2n) is 6.36. The van der Waals surface area contributed by atoms with E-state index in [0.717, 1.165) is 25.9 Å². The Morgan fingerprint density at radius 1 is 1.38 bits per heavy atom. The first-order valence-corrected chi connectivity index (χ1v) is 8.40. The minimum absolute atomic E-state index is 0.0709. The lowest BCUT2D eigenvalue weighted by Crippen LogP contribution is -2.52. The number of nitrogens with zero attached hydrogens (tertiary/aromatic N) is 1. The second kappa shape index (κ2) is 7.29. The Hall–Kier alpha value is -1.05. The van der Waals surface area contributed by atoms with E-state index in [0.29, 0.717) is 18.6 Å². The van der Waals surface area contributed by atoms with Gasteiger partial charge >= 0.3 is 0 Å². The number of likely N-dealkylation sites (tertiary alicyclic amines) is 1. The van der Waals surface area contributed by atoms with Gasteiger partial charge < -0.3 is 10.6 Å². The van der Waals surface area contributed by atoms with E-state index in [1.54, 1.807) is 0 Å². The van der Waals surface area contributed by atoms with Crippen LogP contribution in [-0.4, -0.2) is 48.1 Å². The van der Waals surface area contributed by atoms with E-state index in [4.69, 9.17) is 6.42 Å². The van der Waals surface area contributed by atoms with Gasteiger partial charge in [0.25, 0.3) is 0 Å². The van der Waals surface area contributed by atoms with Crippen molar-refractivity contribution in [3.05, 3.63) is 0 Å². The molecule has 0 bridgehead atoms. The highest BCUT2D eigenvalue weighted by Crippen LogP contribution is 2.24. The highest BCUT2D eigenvalue weighted by Gasteiger charge is 2.35. The smallest absolute Gasteiger partial charge is 0.235 e. The molecule has 0 saturated carbocycles. The average molecular weight is 291 g/mol. The number of amides is 1. The van der Waals surface area contributed by atoms with Crippen molar-refractivity contribution in [3.63, 3.8) is 0 Å². The summed E-state index contributed by atoms with van der Waals surface area (Å²) in [6, 6.07) is 1.08. The lowest BCUT2D eigenvalue weighted by atomic mass is 9.94. The molecule has 118 valence electrons. The average Bonchev–Trinajstić information content (AvgIpc) is 3.15. The second-order valence-corrected chi connectivity index (χ2v) is 6.36. The summed E-state index contributed by atoms with van der Waals surface area (Å²) in [4.78, 5) is 14.7. The first-order valence-electron chi connectivity index (χ1n) is 8.40. The van der Waals surface area contributed by atoms with E-state index < -0.39 is 5.54 Å². The Morgan fingerprint density at radius 3 is 2.71 bits per heavy atom. The number of rotatable bonds is 6. The predicted molar refractivity (Wildman–Crippen MR) is 85.9 cm³/mol. The molecule has 21 heavy (non-hydrogen) atoms. The molecule has 0 spiro atoms. The van der Waals surface area contributed by atoms with Crippen LogP contribution in [0.3, 0.4) is 0 Å². The maximum Gasteiger partial charge on any atom is 0.235 e. The van der Waals surface area contributed by atoms with Crippen LogP contribution in [0.5, 0.6) is 0 Å². The van der Waals surface area contributed by atoms with Crippen LogP contribution in [0.4, 0.5) is 0 Å². The number of carbonyl (C=O) groups excluding carboxylic acids is 1. The van der Waals surface area contributed by atoms with Crippen molar-refractivity contribution in [1.29, 1.82) is 0 Å². The van der Waals surface area contributed by atoms with Crippen molar-refractivity contribution in [1.82, 2.24) is 15.5 Å². The summed E-state index contributed by atoms with van der Waals surface area (Å²) in [5.41, 5.74) is -0.474. The van der Waals surface area contributed by atoms with Gasteiger partial charge in [-0.15, -0.1) is 6.42 Å². The molecule has 0 aliphatic carbocycles. The van der Waals surface area contributed by atoms with Crippen LogP contribution in [0.25, 0.3) is 0 Å². The summed E-state index contributed by atoms with van der Waals surface area (Å²) < 4.78 is 0. The zero-order valence-corrected chi connectivity index (χ0v) is 13.5. The van der Waals surface area contributed by atoms with E-state index in [-0.39, 0.29) is 5.91 Å². The predicted octanol–water partition coefficient (Wildman–Crippen LogP) is 1.51. The molecule has 2 N–H and O–H groups in total. The van der Waals surface area contributed by atoms with E-state index >= 15 is 0 Å². The van der Waals surface area contributed by atoms with E-state index in [2.05, 4.69) is 21.5 Å². The molecule has 2 atom stereocenters. The van der Waals surface area contributed by atoms with Crippen LogP contribution in [0.2, 0.25) is 0 Å². The van der Waals surface area contributed by atoms with Gasteiger partial charge in [-0.1, -0.05) is 19.8 Å². The summed E-state index contributed by atoms with van der Waals surface area (Å²) in [7, 11) is 0. The van der Waals surface area contributed by atoms with Crippen LogP contribution >= 0.6 is 0 Å². The molecule has 4 nitrogen and oxygen atoms in total. The van der Waals surface area contributed by atoms with Crippen molar-refractivity contribution < 1.29 is 4.79 Å². The topological polar surface area (TPSA) is 44.4 Å². The Labute approximate surface area is 129 Å². The fourth-order valence-electron chi connectivity index (χ4n) is 3.70. The maximum absolute atomic E-state index is 12.4. The van der Waals surface area contributed by atoms with Crippen molar-refractivity contribution in [2.75, 3.05) is 19.6 Å². The molecule has 2 unspecified atom stereocenters. The Balaban J connectivity index is 1.91. The number of hydrogen-bond acceptors (Lipinski definition) is 3. The van der Waals surface area contributed by atoms with Crippen LogP contribution in [-0.2, 0) is 4.79 Å². The molecular weight excluding hydrogens is 262 g/mol. The van der Waals surface area contributed by atoms with Crippen molar-refractivity contribution in [2.45, 2.75) is 70.0 Å². The Bertz CT molecular complexity index is 391. The quantitative estimate of drug-likeness (QED) is 0.729. The highest BCUT2D eigenvalue weighted by molar-refractivity contribution is 5.79. The van der Waals surface area contributed by atoms with Gasteiger partial charge in [0.05, 0.1) is 6.54 Å². The van der Waals surface area contributed by atoms with Gasteiger partial charge in [-0.2, -0.15) is 0 Å². The SMILES string of the molecule is C#CC(CC)(CC)NC(=O)CN1CCCC1C1CCCN1. The van der Waals surface area contributed by atoms with Crippen molar-refractivity contribution in [2.24, 2.45) is 0 Å². The van der Waals surface area contributed by atoms with Gasteiger partial charge in [0.15, 0.2) is 0 Å². The fraction of sp³-hybridized carbons (Fsp3) is 0.824. The maximum atomic E-state index is 12.4. The van der Waals surface area contributed by atoms with E-state index in [1.807, 2.05) is 13.8 Å². The summed E-state index contributed by atoms with van der Waals surface area (Å²) in [6.45, 7) is 6.69. The first-order chi connectivity index (χ1) is 10.1.